The van der Waals surface area contributed by atoms with E-state index in [1.165, 1.54) is 0 Å². The maximum atomic E-state index is 12.3. The smallest absolute Gasteiger partial charge is 0.263 e. The fraction of sp³-hybridized carbons (Fsp3) is 0.333. The second-order valence-corrected chi connectivity index (χ2v) is 5.41. The van der Waals surface area contributed by atoms with Gasteiger partial charge in [-0.15, -0.1) is 0 Å². The summed E-state index contributed by atoms with van der Waals surface area (Å²) in [5.74, 6) is 0.572. The topological polar surface area (TPSA) is 58.2 Å². The summed E-state index contributed by atoms with van der Waals surface area (Å²) in [6.45, 7) is 4.12. The zero-order valence-electron chi connectivity index (χ0n) is 12.3. The van der Waals surface area contributed by atoms with Crippen LogP contribution in [-0.2, 0) is 11.3 Å². The van der Waals surface area contributed by atoms with Crippen molar-refractivity contribution in [2.24, 2.45) is 0 Å². The molecule has 2 rings (SSSR count). The maximum absolute atomic E-state index is 12.3. The van der Waals surface area contributed by atoms with Crippen LogP contribution in [-0.4, -0.2) is 34.2 Å². The predicted octanol–water partition coefficient (Wildman–Crippen LogP) is 2.80. The zero-order chi connectivity index (χ0) is 15.4. The van der Waals surface area contributed by atoms with Crippen molar-refractivity contribution in [3.8, 4) is 5.75 Å². The van der Waals surface area contributed by atoms with Crippen LogP contribution in [0, 0.1) is 6.92 Å². The number of hydrogen-bond acceptors (Lipinski definition) is 3. The largest absolute Gasteiger partial charge is 0.481 e. The molecule has 1 heterocycles. The van der Waals surface area contributed by atoms with Gasteiger partial charge in [-0.1, -0.05) is 11.6 Å². The van der Waals surface area contributed by atoms with Crippen molar-refractivity contribution in [1.29, 1.82) is 0 Å². The Bertz CT molecular complexity index is 613. The monoisotopic (exact) mass is 307 g/mol. The number of carbonyl (C=O) groups excluding carboxylic acids is 1. The van der Waals surface area contributed by atoms with Crippen LogP contribution in [0.1, 0.15) is 18.1 Å². The summed E-state index contributed by atoms with van der Waals surface area (Å²) in [5, 5.41) is 7.23. The molecule has 1 unspecified atom stereocenters. The number of H-pyrrole nitrogens is 1. The molecule has 112 valence electrons. The van der Waals surface area contributed by atoms with Crippen LogP contribution in [0.25, 0.3) is 0 Å². The van der Waals surface area contributed by atoms with E-state index in [9.17, 15) is 4.79 Å². The highest BCUT2D eigenvalue weighted by Gasteiger charge is 2.20. The van der Waals surface area contributed by atoms with Gasteiger partial charge in [0.05, 0.1) is 6.20 Å². The summed E-state index contributed by atoms with van der Waals surface area (Å²) in [4.78, 5) is 13.9. The molecule has 0 fully saturated rings. The lowest BCUT2D eigenvalue weighted by atomic mass is 10.2. The molecule has 0 radical (unpaired) electrons. The summed E-state index contributed by atoms with van der Waals surface area (Å²) in [7, 11) is 1.74. The molecule has 1 aromatic heterocycles. The summed E-state index contributed by atoms with van der Waals surface area (Å²) >= 11 is 5.91. The van der Waals surface area contributed by atoms with E-state index in [1.807, 2.05) is 13.0 Å². The Kier molecular flexibility index (Phi) is 4.85. The Morgan fingerprint density at radius 1 is 1.52 bits per heavy atom. The molecule has 0 spiro atoms. The number of carbonyl (C=O) groups is 1. The molecule has 0 aliphatic carbocycles. The number of benzene rings is 1. The molecular formula is C15H18ClN3O2. The van der Waals surface area contributed by atoms with Crippen LogP contribution >= 0.6 is 11.6 Å². The van der Waals surface area contributed by atoms with Crippen molar-refractivity contribution in [2.45, 2.75) is 26.5 Å². The Balaban J connectivity index is 1.98. The van der Waals surface area contributed by atoms with E-state index in [1.54, 1.807) is 43.4 Å². The number of nitrogens with zero attached hydrogens (tertiary/aromatic N) is 2. The van der Waals surface area contributed by atoms with Gasteiger partial charge in [-0.25, -0.2) is 0 Å². The van der Waals surface area contributed by atoms with Crippen molar-refractivity contribution in [1.82, 2.24) is 15.1 Å². The first-order valence-electron chi connectivity index (χ1n) is 6.63. The molecule has 1 N–H and O–H groups in total. The molecule has 2 aromatic rings. The Labute approximate surface area is 128 Å². The molecule has 0 saturated carbocycles. The lowest BCUT2D eigenvalue weighted by Gasteiger charge is -2.22. The minimum absolute atomic E-state index is 0.0921. The van der Waals surface area contributed by atoms with Gasteiger partial charge in [0.15, 0.2) is 6.10 Å². The normalized spacial score (nSPS) is 12.0. The lowest BCUT2D eigenvalue weighted by molar-refractivity contribution is -0.137. The second-order valence-electron chi connectivity index (χ2n) is 4.97. The molecular weight excluding hydrogens is 290 g/mol. The van der Waals surface area contributed by atoms with Gasteiger partial charge in [-0.3, -0.25) is 9.89 Å². The molecule has 0 bridgehead atoms. The van der Waals surface area contributed by atoms with E-state index >= 15 is 0 Å². The van der Waals surface area contributed by atoms with E-state index in [2.05, 4.69) is 10.2 Å². The third-order valence-corrected chi connectivity index (χ3v) is 3.37. The number of halogens is 1. The molecule has 21 heavy (non-hydrogen) atoms. The SMILES string of the molecule is Cc1cc(Cl)ccc1OC(C)C(=O)N(C)Cc1cn[nH]c1. The van der Waals surface area contributed by atoms with Crippen LogP contribution in [0.4, 0.5) is 0 Å². The number of aromatic amines is 1. The highest BCUT2D eigenvalue weighted by molar-refractivity contribution is 6.30. The third-order valence-electron chi connectivity index (χ3n) is 3.14. The van der Waals surface area contributed by atoms with Gasteiger partial charge >= 0.3 is 0 Å². The van der Waals surface area contributed by atoms with Gasteiger partial charge in [-0.05, 0) is 37.6 Å². The van der Waals surface area contributed by atoms with Crippen LogP contribution < -0.4 is 4.74 Å². The second kappa shape index (κ2) is 6.63. The summed E-state index contributed by atoms with van der Waals surface area (Å²) in [6.07, 6.45) is 2.89. The standard InChI is InChI=1S/C15H18ClN3O2/c1-10-6-13(16)4-5-14(10)21-11(2)15(20)19(3)9-12-7-17-18-8-12/h4-8,11H,9H2,1-3H3,(H,17,18). The van der Waals surface area contributed by atoms with Gasteiger partial charge in [0.1, 0.15) is 5.75 Å². The van der Waals surface area contributed by atoms with Gasteiger partial charge < -0.3 is 9.64 Å². The Hall–Kier alpha value is -2.01. The highest BCUT2D eigenvalue weighted by Crippen LogP contribution is 2.23. The number of ether oxygens (including phenoxy) is 1. The van der Waals surface area contributed by atoms with Crippen molar-refractivity contribution in [3.05, 3.63) is 46.7 Å². The molecule has 1 aromatic carbocycles. The maximum Gasteiger partial charge on any atom is 0.263 e. The van der Waals surface area contributed by atoms with E-state index in [0.29, 0.717) is 17.3 Å². The average Bonchev–Trinajstić information content (AvgIpc) is 2.93. The van der Waals surface area contributed by atoms with E-state index < -0.39 is 6.10 Å². The minimum atomic E-state index is -0.568. The number of rotatable bonds is 5. The van der Waals surface area contributed by atoms with Gasteiger partial charge in [0, 0.05) is 30.4 Å². The Morgan fingerprint density at radius 3 is 2.90 bits per heavy atom. The first kappa shape index (κ1) is 15.4. The highest BCUT2D eigenvalue weighted by atomic mass is 35.5. The van der Waals surface area contributed by atoms with Crippen molar-refractivity contribution >= 4 is 17.5 Å². The van der Waals surface area contributed by atoms with Crippen LogP contribution in [0.3, 0.4) is 0 Å². The fourth-order valence-electron chi connectivity index (χ4n) is 2.01. The van der Waals surface area contributed by atoms with E-state index in [0.717, 1.165) is 11.1 Å². The fourth-order valence-corrected chi connectivity index (χ4v) is 2.24. The number of amides is 1. The van der Waals surface area contributed by atoms with Gasteiger partial charge in [-0.2, -0.15) is 5.10 Å². The summed E-state index contributed by atoms with van der Waals surface area (Å²) in [6, 6.07) is 5.33. The quantitative estimate of drug-likeness (QED) is 0.924. The molecule has 0 aliphatic heterocycles. The van der Waals surface area contributed by atoms with Crippen molar-refractivity contribution in [2.75, 3.05) is 7.05 Å². The van der Waals surface area contributed by atoms with Crippen molar-refractivity contribution < 1.29 is 9.53 Å². The average molecular weight is 308 g/mol. The number of nitrogens with one attached hydrogen (secondary N) is 1. The molecule has 1 amide bonds. The van der Waals surface area contributed by atoms with Gasteiger partial charge in [0.25, 0.3) is 5.91 Å². The first-order valence-corrected chi connectivity index (χ1v) is 7.00. The molecule has 1 atom stereocenters. The minimum Gasteiger partial charge on any atom is -0.481 e. The molecule has 0 aliphatic rings. The van der Waals surface area contributed by atoms with Crippen LogP contribution in [0.15, 0.2) is 30.6 Å². The molecule has 0 saturated heterocycles. The van der Waals surface area contributed by atoms with Crippen molar-refractivity contribution in [3.63, 3.8) is 0 Å². The van der Waals surface area contributed by atoms with E-state index in [4.69, 9.17) is 16.3 Å². The van der Waals surface area contributed by atoms with Crippen LogP contribution in [0.5, 0.6) is 5.75 Å². The number of aryl methyl sites for hydroxylation is 1. The third kappa shape index (κ3) is 3.98. The first-order chi connectivity index (χ1) is 9.97. The summed E-state index contributed by atoms with van der Waals surface area (Å²) < 4.78 is 5.73. The lowest BCUT2D eigenvalue weighted by Crippen LogP contribution is -2.37. The number of likely N-dealkylation sites (N-methyl/N-ethyl adjacent to an activating group) is 1. The number of hydrogen-bond donors (Lipinski definition) is 1. The predicted molar refractivity (Wildman–Crippen MR) is 81.3 cm³/mol. The summed E-state index contributed by atoms with van der Waals surface area (Å²) in [5.41, 5.74) is 1.85. The van der Waals surface area contributed by atoms with E-state index in [-0.39, 0.29) is 5.91 Å². The Morgan fingerprint density at radius 2 is 2.29 bits per heavy atom. The molecule has 5 nitrogen and oxygen atoms in total. The van der Waals surface area contributed by atoms with Crippen LogP contribution in [0.2, 0.25) is 5.02 Å². The number of aromatic nitrogens is 2. The zero-order valence-corrected chi connectivity index (χ0v) is 13.0. The molecule has 6 heteroatoms. The van der Waals surface area contributed by atoms with Gasteiger partial charge in [0.2, 0.25) is 0 Å².